The lowest BCUT2D eigenvalue weighted by Crippen LogP contribution is -2.69. The van der Waals surface area contributed by atoms with E-state index in [1.54, 1.807) is 6.92 Å². The highest BCUT2D eigenvalue weighted by molar-refractivity contribution is 6.01. The van der Waals surface area contributed by atoms with E-state index in [2.05, 4.69) is 18.7 Å². The standard InChI is InChI=1S/C29H41F2NO4/c1-5-17(6-2)13-32-14-18-9-20-21-11-23(30)22-10-19(34)7-8-26(22,3)29(21,31)24(35)12-27(20,4)28(18,16-32)25(36)15-33/h7-8,10,17-18,20-21,23-24,33,35H,5-6,9,11-16H2,1-4H3/t18-,20-,21-,23-,24-,26-,27-,28+,29-/m0/s1. The Morgan fingerprint density at radius 3 is 2.56 bits per heavy atom. The van der Waals surface area contributed by atoms with Crippen LogP contribution in [0, 0.1) is 39.9 Å². The number of likely N-dealkylation sites (tertiary alicyclic amines) is 1. The van der Waals surface area contributed by atoms with Crippen LogP contribution >= 0.6 is 0 Å². The van der Waals surface area contributed by atoms with Gasteiger partial charge in [0, 0.05) is 31.0 Å². The molecule has 2 N–H and O–H groups in total. The van der Waals surface area contributed by atoms with Crippen molar-refractivity contribution in [3.05, 3.63) is 23.8 Å². The summed E-state index contributed by atoms with van der Waals surface area (Å²) in [5.41, 5.74) is -5.09. The van der Waals surface area contributed by atoms with Gasteiger partial charge in [-0.2, -0.15) is 0 Å². The molecule has 1 heterocycles. The van der Waals surface area contributed by atoms with E-state index < -0.39 is 46.7 Å². The molecular weight excluding hydrogens is 464 g/mol. The number of aliphatic hydroxyl groups excluding tert-OH is 2. The molecule has 1 saturated heterocycles. The maximum Gasteiger partial charge on any atom is 0.178 e. The van der Waals surface area contributed by atoms with Gasteiger partial charge in [-0.25, -0.2) is 8.78 Å². The molecule has 0 bridgehead atoms. The van der Waals surface area contributed by atoms with Crippen molar-refractivity contribution in [2.24, 2.45) is 39.9 Å². The largest absolute Gasteiger partial charge is 0.390 e. The molecule has 7 heteroatoms. The second-order valence-electron chi connectivity index (χ2n) is 12.7. The Morgan fingerprint density at radius 2 is 1.92 bits per heavy atom. The van der Waals surface area contributed by atoms with E-state index in [1.807, 2.05) is 6.92 Å². The van der Waals surface area contributed by atoms with Gasteiger partial charge in [-0.05, 0) is 67.1 Å². The molecule has 0 radical (unpaired) electrons. The van der Waals surface area contributed by atoms with Crippen LogP contribution in [-0.2, 0) is 9.59 Å². The molecule has 200 valence electrons. The molecule has 5 rings (SSSR count). The van der Waals surface area contributed by atoms with Crippen molar-refractivity contribution in [1.82, 2.24) is 4.90 Å². The number of nitrogens with zero attached hydrogens (tertiary/aromatic N) is 1. The molecule has 4 fully saturated rings. The number of hydrogen-bond donors (Lipinski definition) is 2. The SMILES string of the molecule is CCC(CC)CN1C[C@@H]2C[C@H]3[C@@H]4C[C@H](F)C5=CC(=O)C=C[C@]5(C)[C@@]4(F)[C@@H](O)C[C@]3(C)[C@]2(C(=O)CO)C1. The van der Waals surface area contributed by atoms with E-state index in [0.29, 0.717) is 25.4 Å². The van der Waals surface area contributed by atoms with Gasteiger partial charge in [-0.1, -0.05) is 39.7 Å². The van der Waals surface area contributed by atoms with Gasteiger partial charge in [0.15, 0.2) is 17.2 Å². The van der Waals surface area contributed by atoms with Gasteiger partial charge in [0.2, 0.25) is 0 Å². The minimum Gasteiger partial charge on any atom is -0.390 e. The normalized spacial score (nSPS) is 47.9. The molecule has 9 atom stereocenters. The van der Waals surface area contributed by atoms with E-state index in [-0.39, 0.29) is 41.8 Å². The molecule has 36 heavy (non-hydrogen) atoms. The van der Waals surface area contributed by atoms with E-state index in [4.69, 9.17) is 0 Å². The smallest absolute Gasteiger partial charge is 0.178 e. The van der Waals surface area contributed by atoms with Crippen LogP contribution in [0.3, 0.4) is 0 Å². The summed E-state index contributed by atoms with van der Waals surface area (Å²) in [6, 6.07) is 0. The summed E-state index contributed by atoms with van der Waals surface area (Å²) in [6.45, 7) is 9.41. The number of carbonyl (C=O) groups is 2. The molecule has 4 aliphatic carbocycles. The lowest BCUT2D eigenvalue weighted by molar-refractivity contribution is -0.212. The molecular formula is C29H41F2NO4. The highest BCUT2D eigenvalue weighted by Crippen LogP contribution is 2.74. The topological polar surface area (TPSA) is 77.8 Å². The van der Waals surface area contributed by atoms with Crippen LogP contribution in [0.25, 0.3) is 0 Å². The molecule has 0 aromatic rings. The lowest BCUT2D eigenvalue weighted by Gasteiger charge is -2.63. The fourth-order valence-corrected chi connectivity index (χ4v) is 9.57. The Kier molecular flexibility index (Phi) is 6.21. The van der Waals surface area contributed by atoms with Gasteiger partial charge in [0.05, 0.1) is 11.5 Å². The quantitative estimate of drug-likeness (QED) is 0.574. The Hall–Kier alpha value is -1.44. The fourth-order valence-electron chi connectivity index (χ4n) is 9.57. The van der Waals surface area contributed by atoms with E-state index in [0.717, 1.165) is 19.4 Å². The monoisotopic (exact) mass is 505 g/mol. The van der Waals surface area contributed by atoms with Crippen LogP contribution in [0.4, 0.5) is 8.78 Å². The summed E-state index contributed by atoms with van der Waals surface area (Å²) < 4.78 is 33.1. The van der Waals surface area contributed by atoms with E-state index >= 15 is 8.78 Å². The third kappa shape index (κ3) is 3.08. The molecule has 0 spiro atoms. The predicted molar refractivity (Wildman–Crippen MR) is 133 cm³/mol. The van der Waals surface area contributed by atoms with Crippen molar-refractivity contribution in [2.75, 3.05) is 26.2 Å². The first-order chi connectivity index (χ1) is 16.9. The van der Waals surface area contributed by atoms with E-state index in [9.17, 15) is 19.8 Å². The lowest BCUT2D eigenvalue weighted by atomic mass is 9.43. The molecule has 0 aromatic heterocycles. The van der Waals surface area contributed by atoms with Gasteiger partial charge in [0.25, 0.3) is 0 Å². The molecule has 1 aliphatic heterocycles. The summed E-state index contributed by atoms with van der Waals surface area (Å²) in [7, 11) is 0. The average Bonchev–Trinajstić information content (AvgIpc) is 3.32. The van der Waals surface area contributed by atoms with Crippen molar-refractivity contribution in [2.45, 2.75) is 77.7 Å². The van der Waals surface area contributed by atoms with Crippen molar-refractivity contribution >= 4 is 11.6 Å². The number of ketones is 2. The number of alkyl halides is 2. The van der Waals surface area contributed by atoms with Crippen LogP contribution < -0.4 is 0 Å². The number of halogens is 2. The van der Waals surface area contributed by atoms with Crippen molar-refractivity contribution in [3.8, 4) is 0 Å². The van der Waals surface area contributed by atoms with Gasteiger partial charge >= 0.3 is 0 Å². The molecule has 0 amide bonds. The summed E-state index contributed by atoms with van der Waals surface area (Å²) in [6.07, 6.45) is 3.69. The van der Waals surface area contributed by atoms with Crippen LogP contribution in [0.15, 0.2) is 23.8 Å². The highest BCUT2D eigenvalue weighted by Gasteiger charge is 2.78. The number of aliphatic hydroxyl groups is 2. The Bertz CT molecular complexity index is 1010. The maximum atomic E-state index is 17.4. The van der Waals surface area contributed by atoms with Crippen LogP contribution in [0.1, 0.15) is 59.8 Å². The Labute approximate surface area is 213 Å². The average molecular weight is 506 g/mol. The molecule has 5 aliphatic rings. The zero-order valence-corrected chi connectivity index (χ0v) is 22.0. The molecule has 5 nitrogen and oxygen atoms in total. The van der Waals surface area contributed by atoms with Gasteiger partial charge < -0.3 is 15.1 Å². The number of rotatable bonds is 6. The fraction of sp³-hybridized carbons (Fsp3) is 0.793. The third-order valence-electron chi connectivity index (χ3n) is 11.5. The van der Waals surface area contributed by atoms with Gasteiger partial charge in [-0.3, -0.25) is 9.59 Å². The van der Waals surface area contributed by atoms with Crippen molar-refractivity contribution in [3.63, 3.8) is 0 Å². The van der Waals surface area contributed by atoms with Gasteiger partial charge in [0.1, 0.15) is 12.8 Å². The second-order valence-corrected chi connectivity index (χ2v) is 12.7. The third-order valence-corrected chi connectivity index (χ3v) is 11.5. The first-order valence-electron chi connectivity index (χ1n) is 13.8. The number of Topliss-reactive ketones (excluding diaryl/α,β-unsaturated/α-hetero) is 1. The van der Waals surface area contributed by atoms with Crippen LogP contribution in [-0.4, -0.2) is 70.9 Å². The zero-order valence-electron chi connectivity index (χ0n) is 22.0. The number of fused-ring (bicyclic) bond motifs is 7. The minimum absolute atomic E-state index is 0.0673. The summed E-state index contributed by atoms with van der Waals surface area (Å²) >= 11 is 0. The molecule has 0 aromatic carbocycles. The Balaban J connectivity index is 1.57. The highest BCUT2D eigenvalue weighted by atomic mass is 19.1. The molecule has 0 unspecified atom stereocenters. The maximum absolute atomic E-state index is 17.4. The van der Waals surface area contributed by atoms with Crippen LogP contribution in [0.5, 0.6) is 0 Å². The minimum atomic E-state index is -2.14. The summed E-state index contributed by atoms with van der Waals surface area (Å²) in [5, 5.41) is 21.7. The zero-order chi connectivity index (χ0) is 26.3. The number of allylic oxidation sites excluding steroid dienone is 4. The Morgan fingerprint density at radius 1 is 1.22 bits per heavy atom. The van der Waals surface area contributed by atoms with Crippen molar-refractivity contribution < 1.29 is 28.6 Å². The van der Waals surface area contributed by atoms with Crippen molar-refractivity contribution in [1.29, 1.82) is 0 Å². The first kappa shape index (κ1) is 26.2. The number of hydrogen-bond acceptors (Lipinski definition) is 5. The first-order valence-corrected chi connectivity index (χ1v) is 13.8. The summed E-state index contributed by atoms with van der Waals surface area (Å²) in [5.74, 6) is -1.23. The second kappa shape index (κ2) is 8.54. The number of carbonyl (C=O) groups excluding carboxylic acids is 2. The predicted octanol–water partition coefficient (Wildman–Crippen LogP) is 3.83. The van der Waals surface area contributed by atoms with Gasteiger partial charge in [-0.15, -0.1) is 0 Å². The van der Waals surface area contributed by atoms with E-state index in [1.165, 1.54) is 18.2 Å². The molecule has 3 saturated carbocycles. The summed E-state index contributed by atoms with van der Waals surface area (Å²) in [4.78, 5) is 28.0. The van der Waals surface area contributed by atoms with Crippen LogP contribution in [0.2, 0.25) is 0 Å².